The van der Waals surface area contributed by atoms with Crippen molar-refractivity contribution < 1.29 is 4.92 Å². The zero-order valence-electron chi connectivity index (χ0n) is 10.7. The van der Waals surface area contributed by atoms with Crippen LogP contribution in [0, 0.1) is 10.1 Å². The number of pyridine rings is 1. The molecule has 2 rings (SSSR count). The summed E-state index contributed by atoms with van der Waals surface area (Å²) in [5, 5.41) is 11.9. The van der Waals surface area contributed by atoms with Gasteiger partial charge in [0.1, 0.15) is 5.52 Å². The summed E-state index contributed by atoms with van der Waals surface area (Å²) < 4.78 is 0. The van der Waals surface area contributed by atoms with Crippen LogP contribution < -0.4 is 0 Å². The molecule has 0 aliphatic rings. The van der Waals surface area contributed by atoms with E-state index in [1.54, 1.807) is 12.3 Å². The van der Waals surface area contributed by atoms with Crippen molar-refractivity contribution in [2.45, 2.75) is 31.0 Å². The fourth-order valence-electron chi connectivity index (χ4n) is 2.20. The van der Waals surface area contributed by atoms with Crippen LogP contribution >= 0.6 is 15.9 Å². The van der Waals surface area contributed by atoms with Crippen molar-refractivity contribution in [3.8, 4) is 0 Å². The van der Waals surface area contributed by atoms with E-state index in [0.29, 0.717) is 10.3 Å². The highest BCUT2D eigenvalue weighted by atomic mass is 79.9. The summed E-state index contributed by atoms with van der Waals surface area (Å²) >= 11 is 3.65. The summed E-state index contributed by atoms with van der Waals surface area (Å²) in [6, 6.07) is 7.11. The highest BCUT2D eigenvalue weighted by molar-refractivity contribution is 9.09. The fourth-order valence-corrected chi connectivity index (χ4v) is 3.00. The van der Waals surface area contributed by atoms with Crippen LogP contribution in [0.15, 0.2) is 30.5 Å². The third kappa shape index (κ3) is 3.10. The van der Waals surface area contributed by atoms with E-state index in [9.17, 15) is 10.1 Å². The Labute approximate surface area is 120 Å². The number of nitro groups is 1. The van der Waals surface area contributed by atoms with Gasteiger partial charge in [-0.15, -0.1) is 0 Å². The molecule has 1 atom stereocenters. The molecule has 0 radical (unpaired) electrons. The Kier molecular flexibility index (Phi) is 4.47. The summed E-state index contributed by atoms with van der Waals surface area (Å²) in [6.45, 7) is 2.14. The van der Waals surface area contributed by atoms with Crippen molar-refractivity contribution in [1.82, 2.24) is 4.98 Å². The van der Waals surface area contributed by atoms with Gasteiger partial charge >= 0.3 is 0 Å². The molecule has 0 aliphatic heterocycles. The van der Waals surface area contributed by atoms with Crippen LogP contribution in [0.5, 0.6) is 0 Å². The predicted molar refractivity (Wildman–Crippen MR) is 79.7 cm³/mol. The number of nitro benzene ring substituents is 1. The second-order valence-corrected chi connectivity index (χ2v) is 5.79. The Balaban J connectivity index is 2.46. The Bertz CT molecular complexity index is 601. The minimum absolute atomic E-state index is 0.0703. The summed E-state index contributed by atoms with van der Waals surface area (Å²) in [4.78, 5) is 15.2. The van der Waals surface area contributed by atoms with Gasteiger partial charge in [-0.3, -0.25) is 10.1 Å². The molecule has 0 spiro atoms. The molecule has 1 aromatic heterocycles. The number of alkyl halides is 1. The lowest BCUT2D eigenvalue weighted by Gasteiger charge is -2.10. The number of benzene rings is 1. The largest absolute Gasteiger partial charge is 0.295 e. The van der Waals surface area contributed by atoms with Crippen molar-refractivity contribution >= 4 is 32.5 Å². The average molecular weight is 323 g/mol. The third-order valence-corrected chi connectivity index (χ3v) is 3.86. The van der Waals surface area contributed by atoms with Gasteiger partial charge in [-0.1, -0.05) is 41.4 Å². The molecule has 0 saturated heterocycles. The van der Waals surface area contributed by atoms with Gasteiger partial charge in [0.05, 0.1) is 4.92 Å². The number of non-ortho nitro benzene ring substituents is 1. The minimum atomic E-state index is -0.378. The van der Waals surface area contributed by atoms with Crippen molar-refractivity contribution in [2.75, 3.05) is 0 Å². The molecule has 0 fully saturated rings. The SMILES string of the molecule is CCCC(Br)Cc1ccc([N+](=O)[O-])c2ncccc12. The fraction of sp³-hybridized carbons (Fsp3) is 0.357. The lowest BCUT2D eigenvalue weighted by Crippen LogP contribution is -2.03. The van der Waals surface area contributed by atoms with Crippen LogP contribution in [0.4, 0.5) is 5.69 Å². The maximum Gasteiger partial charge on any atom is 0.295 e. The van der Waals surface area contributed by atoms with E-state index in [0.717, 1.165) is 30.2 Å². The second kappa shape index (κ2) is 6.10. The quantitative estimate of drug-likeness (QED) is 0.469. The van der Waals surface area contributed by atoms with E-state index in [1.165, 1.54) is 0 Å². The highest BCUT2D eigenvalue weighted by Gasteiger charge is 2.16. The first-order valence-corrected chi connectivity index (χ1v) is 7.20. The molecule has 19 heavy (non-hydrogen) atoms. The van der Waals surface area contributed by atoms with Gasteiger partial charge in [0, 0.05) is 22.5 Å². The van der Waals surface area contributed by atoms with Gasteiger partial charge in [0.2, 0.25) is 0 Å². The molecule has 0 aliphatic carbocycles. The zero-order valence-corrected chi connectivity index (χ0v) is 12.3. The molecule has 4 nitrogen and oxygen atoms in total. The minimum Gasteiger partial charge on any atom is -0.258 e. The topological polar surface area (TPSA) is 56.0 Å². The maximum atomic E-state index is 11.0. The Morgan fingerprint density at radius 3 is 2.89 bits per heavy atom. The number of fused-ring (bicyclic) bond motifs is 1. The summed E-state index contributed by atoms with van der Waals surface area (Å²) in [5.74, 6) is 0. The number of nitrogens with zero attached hydrogens (tertiary/aromatic N) is 2. The van der Waals surface area contributed by atoms with Gasteiger partial charge in [0.25, 0.3) is 5.69 Å². The van der Waals surface area contributed by atoms with Crippen molar-refractivity contribution in [2.24, 2.45) is 0 Å². The van der Waals surface area contributed by atoms with E-state index in [4.69, 9.17) is 0 Å². The second-order valence-electron chi connectivity index (χ2n) is 4.49. The summed E-state index contributed by atoms with van der Waals surface area (Å²) in [5.41, 5.74) is 1.64. The molecule has 1 aromatic carbocycles. The van der Waals surface area contributed by atoms with Crippen LogP contribution in [0.25, 0.3) is 10.9 Å². The van der Waals surface area contributed by atoms with E-state index < -0.39 is 0 Å². The van der Waals surface area contributed by atoms with Gasteiger partial charge in [-0.2, -0.15) is 0 Å². The Hall–Kier alpha value is -1.49. The highest BCUT2D eigenvalue weighted by Crippen LogP contribution is 2.28. The van der Waals surface area contributed by atoms with Gasteiger partial charge in [0.15, 0.2) is 0 Å². The Morgan fingerprint density at radius 2 is 2.21 bits per heavy atom. The summed E-state index contributed by atoms with van der Waals surface area (Å²) in [6.07, 6.45) is 4.64. The normalized spacial score (nSPS) is 12.5. The number of rotatable bonds is 5. The molecule has 5 heteroatoms. The molecule has 0 amide bonds. The average Bonchev–Trinajstić information content (AvgIpc) is 2.39. The van der Waals surface area contributed by atoms with Crippen LogP contribution in [0.1, 0.15) is 25.3 Å². The lowest BCUT2D eigenvalue weighted by molar-refractivity contribution is -0.383. The smallest absolute Gasteiger partial charge is 0.258 e. The van der Waals surface area contributed by atoms with Crippen LogP contribution in [0.3, 0.4) is 0 Å². The molecule has 2 aromatic rings. The molecule has 1 heterocycles. The number of hydrogen-bond donors (Lipinski definition) is 0. The van der Waals surface area contributed by atoms with E-state index in [-0.39, 0.29) is 10.6 Å². The predicted octanol–water partition coefficient (Wildman–Crippen LogP) is 4.25. The number of hydrogen-bond acceptors (Lipinski definition) is 3. The van der Waals surface area contributed by atoms with E-state index >= 15 is 0 Å². The lowest BCUT2D eigenvalue weighted by atomic mass is 10.0. The molecule has 0 bridgehead atoms. The Morgan fingerprint density at radius 1 is 1.42 bits per heavy atom. The van der Waals surface area contributed by atoms with E-state index in [1.807, 2.05) is 18.2 Å². The molecule has 0 saturated carbocycles. The van der Waals surface area contributed by atoms with Crippen LogP contribution in [-0.4, -0.2) is 14.7 Å². The maximum absolute atomic E-state index is 11.0. The third-order valence-electron chi connectivity index (χ3n) is 3.08. The first-order chi connectivity index (χ1) is 9.13. The standard InChI is InChI=1S/C14H15BrN2O2/c1-2-4-11(15)9-10-6-7-13(17(18)19)14-12(10)5-3-8-16-14/h3,5-8,11H,2,4,9H2,1H3. The molecule has 100 valence electrons. The van der Waals surface area contributed by atoms with Crippen molar-refractivity contribution in [3.63, 3.8) is 0 Å². The van der Waals surface area contributed by atoms with Crippen LogP contribution in [-0.2, 0) is 6.42 Å². The molecule has 0 N–H and O–H groups in total. The van der Waals surface area contributed by atoms with Gasteiger partial charge in [-0.25, -0.2) is 4.98 Å². The van der Waals surface area contributed by atoms with E-state index in [2.05, 4.69) is 27.8 Å². The number of aromatic nitrogens is 1. The van der Waals surface area contributed by atoms with Gasteiger partial charge in [-0.05, 0) is 24.5 Å². The monoisotopic (exact) mass is 322 g/mol. The first kappa shape index (κ1) is 13.9. The number of halogens is 1. The van der Waals surface area contributed by atoms with Crippen LogP contribution in [0.2, 0.25) is 0 Å². The molecular formula is C14H15BrN2O2. The summed E-state index contributed by atoms with van der Waals surface area (Å²) in [7, 11) is 0. The van der Waals surface area contributed by atoms with Crippen molar-refractivity contribution in [1.29, 1.82) is 0 Å². The zero-order chi connectivity index (χ0) is 13.8. The first-order valence-electron chi connectivity index (χ1n) is 6.28. The molecule has 1 unspecified atom stereocenters. The molecular weight excluding hydrogens is 308 g/mol. The van der Waals surface area contributed by atoms with Gasteiger partial charge < -0.3 is 0 Å². The van der Waals surface area contributed by atoms with Crippen molar-refractivity contribution in [3.05, 3.63) is 46.1 Å².